The molecule has 0 atom stereocenters. The molecule has 0 aliphatic carbocycles. The largest absolute Gasteiger partial charge is 0.363 e. The molecule has 0 unspecified atom stereocenters. The van der Waals surface area contributed by atoms with E-state index in [1.807, 2.05) is 13.1 Å². The number of nitrogens with one attached hydrogen (secondary N) is 1. The molecule has 2 heteroatoms. The minimum atomic E-state index is 0.0271. The van der Waals surface area contributed by atoms with Gasteiger partial charge in [-0.05, 0) is 12.5 Å². The van der Waals surface area contributed by atoms with Crippen LogP contribution in [0.5, 0.6) is 0 Å². The Labute approximate surface area is 73.2 Å². The van der Waals surface area contributed by atoms with Gasteiger partial charge in [-0.2, -0.15) is 5.26 Å². The highest BCUT2D eigenvalue weighted by molar-refractivity contribution is 5.43. The molecule has 12 heavy (non-hydrogen) atoms. The molecule has 0 saturated carbocycles. The van der Waals surface area contributed by atoms with Crippen molar-refractivity contribution >= 4 is 0 Å². The molecular formula is C10H14N2. The maximum atomic E-state index is 8.88. The van der Waals surface area contributed by atoms with Crippen molar-refractivity contribution in [3.05, 3.63) is 23.0 Å². The van der Waals surface area contributed by atoms with Crippen molar-refractivity contribution in [2.24, 2.45) is 0 Å². The van der Waals surface area contributed by atoms with Crippen molar-refractivity contribution < 1.29 is 0 Å². The smallest absolute Gasteiger partial charge is 0.101 e. The van der Waals surface area contributed by atoms with Gasteiger partial charge in [0.1, 0.15) is 6.07 Å². The first-order valence-corrected chi connectivity index (χ1v) is 4.05. The minimum absolute atomic E-state index is 0.0271. The summed E-state index contributed by atoms with van der Waals surface area (Å²) in [6, 6.07) is 2.22. The molecule has 2 nitrogen and oxygen atoms in total. The second-order valence-corrected chi connectivity index (χ2v) is 4.08. The molecule has 0 bridgehead atoms. The van der Waals surface area contributed by atoms with Gasteiger partial charge >= 0.3 is 0 Å². The number of aryl methyl sites for hydroxylation is 1. The quantitative estimate of drug-likeness (QED) is 0.625. The molecule has 0 fully saturated rings. The monoisotopic (exact) mass is 162 g/mol. The van der Waals surface area contributed by atoms with Crippen molar-refractivity contribution in [2.75, 3.05) is 0 Å². The summed E-state index contributed by atoms with van der Waals surface area (Å²) in [5.74, 6) is 0. The zero-order valence-corrected chi connectivity index (χ0v) is 8.02. The molecule has 1 aromatic rings. The van der Waals surface area contributed by atoms with Crippen molar-refractivity contribution in [3.8, 4) is 6.07 Å². The lowest BCUT2D eigenvalue weighted by molar-refractivity contribution is 0.571. The summed E-state index contributed by atoms with van der Waals surface area (Å²) in [7, 11) is 0. The van der Waals surface area contributed by atoms with Crippen LogP contribution >= 0.6 is 0 Å². The first kappa shape index (κ1) is 8.86. The second kappa shape index (κ2) is 2.67. The number of aromatic nitrogens is 1. The van der Waals surface area contributed by atoms with E-state index in [4.69, 9.17) is 5.26 Å². The van der Waals surface area contributed by atoms with Crippen LogP contribution in [0, 0.1) is 18.3 Å². The molecule has 64 valence electrons. The third-order valence-electron chi connectivity index (χ3n) is 1.94. The lowest BCUT2D eigenvalue weighted by atomic mass is 9.89. The standard InChI is InChI=1S/C10H14N2/c1-7-6-12-9(8(7)5-11)10(2,3)4/h6,12H,1-4H3. The Morgan fingerprint density at radius 3 is 2.33 bits per heavy atom. The number of rotatable bonds is 0. The normalized spacial score (nSPS) is 11.2. The second-order valence-electron chi connectivity index (χ2n) is 4.08. The van der Waals surface area contributed by atoms with Crippen LogP contribution in [0.4, 0.5) is 0 Å². The Morgan fingerprint density at radius 1 is 1.42 bits per heavy atom. The van der Waals surface area contributed by atoms with Gasteiger partial charge in [-0.3, -0.25) is 0 Å². The van der Waals surface area contributed by atoms with E-state index in [1.54, 1.807) is 0 Å². The van der Waals surface area contributed by atoms with Crippen LogP contribution in [0.15, 0.2) is 6.20 Å². The highest BCUT2D eigenvalue weighted by Gasteiger charge is 2.20. The zero-order chi connectivity index (χ0) is 9.35. The van der Waals surface area contributed by atoms with Crippen LogP contribution in [0.1, 0.15) is 37.6 Å². The molecule has 0 saturated heterocycles. The fraction of sp³-hybridized carbons (Fsp3) is 0.500. The van der Waals surface area contributed by atoms with E-state index >= 15 is 0 Å². The predicted octanol–water partition coefficient (Wildman–Crippen LogP) is 2.49. The molecule has 1 rings (SSSR count). The van der Waals surface area contributed by atoms with Crippen LogP contribution < -0.4 is 0 Å². The molecule has 1 N–H and O–H groups in total. The van der Waals surface area contributed by atoms with E-state index in [-0.39, 0.29) is 5.41 Å². The molecule has 1 heterocycles. The summed E-state index contributed by atoms with van der Waals surface area (Å²) in [6.45, 7) is 8.24. The highest BCUT2D eigenvalue weighted by atomic mass is 14.7. The topological polar surface area (TPSA) is 39.6 Å². The third-order valence-corrected chi connectivity index (χ3v) is 1.94. The average molecular weight is 162 g/mol. The van der Waals surface area contributed by atoms with Gasteiger partial charge in [-0.1, -0.05) is 20.8 Å². The van der Waals surface area contributed by atoms with E-state index in [9.17, 15) is 0 Å². The number of nitrogens with zero attached hydrogens (tertiary/aromatic N) is 1. The van der Waals surface area contributed by atoms with Gasteiger partial charge in [-0.25, -0.2) is 0 Å². The molecule has 0 aromatic carbocycles. The molecule has 0 amide bonds. The summed E-state index contributed by atoms with van der Waals surface area (Å²) in [5.41, 5.74) is 2.88. The molecule has 1 aromatic heterocycles. The Balaban J connectivity index is 3.28. The number of aromatic amines is 1. The lowest BCUT2D eigenvalue weighted by Gasteiger charge is -2.17. The fourth-order valence-electron chi connectivity index (χ4n) is 1.26. The number of hydrogen-bond donors (Lipinski definition) is 1. The van der Waals surface area contributed by atoms with Crippen molar-refractivity contribution in [1.29, 1.82) is 5.26 Å². The van der Waals surface area contributed by atoms with Crippen molar-refractivity contribution in [2.45, 2.75) is 33.1 Å². The van der Waals surface area contributed by atoms with Gasteiger partial charge in [0.15, 0.2) is 0 Å². The highest BCUT2D eigenvalue weighted by Crippen LogP contribution is 2.25. The van der Waals surface area contributed by atoms with Gasteiger partial charge in [0.05, 0.1) is 5.56 Å². The van der Waals surface area contributed by atoms with Gasteiger partial charge in [0.2, 0.25) is 0 Å². The maximum Gasteiger partial charge on any atom is 0.101 e. The predicted molar refractivity (Wildman–Crippen MR) is 48.9 cm³/mol. The van der Waals surface area contributed by atoms with Gasteiger partial charge in [0.25, 0.3) is 0 Å². The molecule has 0 spiro atoms. The van der Waals surface area contributed by atoms with Crippen LogP contribution in [-0.4, -0.2) is 4.98 Å². The molecule has 0 radical (unpaired) electrons. The summed E-state index contributed by atoms with van der Waals surface area (Å²) in [5, 5.41) is 8.88. The van der Waals surface area contributed by atoms with Crippen LogP contribution in [0.3, 0.4) is 0 Å². The van der Waals surface area contributed by atoms with Gasteiger partial charge in [-0.15, -0.1) is 0 Å². The lowest BCUT2D eigenvalue weighted by Crippen LogP contribution is -2.13. The summed E-state index contributed by atoms with van der Waals surface area (Å²) < 4.78 is 0. The van der Waals surface area contributed by atoms with Crippen molar-refractivity contribution in [1.82, 2.24) is 4.98 Å². The van der Waals surface area contributed by atoms with E-state index < -0.39 is 0 Å². The molecule has 0 aliphatic rings. The number of H-pyrrole nitrogens is 1. The first-order chi connectivity index (χ1) is 5.46. The number of hydrogen-bond acceptors (Lipinski definition) is 1. The third kappa shape index (κ3) is 1.35. The average Bonchev–Trinajstić information content (AvgIpc) is 2.29. The van der Waals surface area contributed by atoms with E-state index in [2.05, 4.69) is 31.8 Å². The Bertz CT molecular complexity index is 321. The summed E-state index contributed by atoms with van der Waals surface area (Å²) in [4.78, 5) is 3.14. The number of nitriles is 1. The Kier molecular flexibility index (Phi) is 1.97. The first-order valence-electron chi connectivity index (χ1n) is 4.05. The molecule has 0 aliphatic heterocycles. The van der Waals surface area contributed by atoms with Crippen molar-refractivity contribution in [3.63, 3.8) is 0 Å². The zero-order valence-electron chi connectivity index (χ0n) is 8.02. The van der Waals surface area contributed by atoms with Gasteiger partial charge < -0.3 is 4.98 Å². The Hall–Kier alpha value is -1.23. The van der Waals surface area contributed by atoms with Gasteiger partial charge in [0, 0.05) is 17.3 Å². The SMILES string of the molecule is Cc1c[nH]c(C(C)(C)C)c1C#N. The molecular weight excluding hydrogens is 148 g/mol. The van der Waals surface area contributed by atoms with Crippen LogP contribution in [0.25, 0.3) is 0 Å². The van der Waals surface area contributed by atoms with E-state index in [0.29, 0.717) is 0 Å². The van der Waals surface area contributed by atoms with Crippen LogP contribution in [-0.2, 0) is 5.41 Å². The fourth-order valence-corrected chi connectivity index (χ4v) is 1.26. The summed E-state index contributed by atoms with van der Waals surface area (Å²) in [6.07, 6.45) is 1.89. The van der Waals surface area contributed by atoms with E-state index in [0.717, 1.165) is 16.8 Å². The van der Waals surface area contributed by atoms with E-state index in [1.165, 1.54) is 0 Å². The summed E-state index contributed by atoms with van der Waals surface area (Å²) >= 11 is 0. The minimum Gasteiger partial charge on any atom is -0.363 e. The Morgan fingerprint density at radius 2 is 2.00 bits per heavy atom. The van der Waals surface area contributed by atoms with Crippen LogP contribution in [0.2, 0.25) is 0 Å². The maximum absolute atomic E-state index is 8.88.